The third kappa shape index (κ3) is 3.85. The van der Waals surface area contributed by atoms with Crippen molar-refractivity contribution in [3.63, 3.8) is 0 Å². The van der Waals surface area contributed by atoms with Gasteiger partial charge in [0.25, 0.3) is 5.91 Å². The molecule has 0 aliphatic carbocycles. The van der Waals surface area contributed by atoms with Crippen molar-refractivity contribution in [1.82, 2.24) is 0 Å². The van der Waals surface area contributed by atoms with Gasteiger partial charge in [0, 0.05) is 5.69 Å². The van der Waals surface area contributed by atoms with Crippen molar-refractivity contribution in [3.8, 4) is 5.75 Å². The van der Waals surface area contributed by atoms with Crippen LogP contribution in [-0.2, 0) is 4.79 Å². The molecule has 0 saturated heterocycles. The minimum Gasteiger partial charge on any atom is -0.483 e. The zero-order valence-corrected chi connectivity index (χ0v) is 12.4. The molecule has 2 aromatic rings. The first kappa shape index (κ1) is 15.6. The highest BCUT2D eigenvalue weighted by Gasteiger charge is 2.12. The maximum atomic E-state index is 11.9. The maximum Gasteiger partial charge on any atom is 0.339 e. The maximum absolute atomic E-state index is 11.9. The smallest absolute Gasteiger partial charge is 0.339 e. The average Bonchev–Trinajstić information content (AvgIpc) is 2.49. The zero-order valence-electron chi connectivity index (χ0n) is 12.4. The Hall–Kier alpha value is -2.82. The van der Waals surface area contributed by atoms with Crippen molar-refractivity contribution in [3.05, 3.63) is 59.2 Å². The molecular formula is C17H17NO4. The Morgan fingerprint density at radius 3 is 2.50 bits per heavy atom. The van der Waals surface area contributed by atoms with Crippen LogP contribution in [0.25, 0.3) is 0 Å². The van der Waals surface area contributed by atoms with Gasteiger partial charge in [0.15, 0.2) is 6.61 Å². The number of anilines is 1. The standard InChI is InChI=1S/C17H17NO4/c1-11-7-8-13(9-12(11)2)18-16(19)10-22-15-6-4-3-5-14(15)17(20)21/h3-9H,10H2,1-2H3,(H,18,19)(H,20,21). The van der Waals surface area contributed by atoms with Crippen LogP contribution in [0.5, 0.6) is 5.75 Å². The van der Waals surface area contributed by atoms with Crippen molar-refractivity contribution < 1.29 is 19.4 Å². The number of ether oxygens (including phenoxy) is 1. The molecule has 5 heteroatoms. The van der Waals surface area contributed by atoms with Gasteiger partial charge >= 0.3 is 5.97 Å². The Bertz CT molecular complexity index is 710. The highest BCUT2D eigenvalue weighted by molar-refractivity contribution is 5.93. The largest absolute Gasteiger partial charge is 0.483 e. The van der Waals surface area contributed by atoms with Crippen LogP contribution < -0.4 is 10.1 Å². The number of carboxylic acid groups (broad SMARTS) is 1. The second-order valence-electron chi connectivity index (χ2n) is 4.94. The third-order valence-electron chi connectivity index (χ3n) is 3.27. The van der Waals surface area contributed by atoms with Crippen molar-refractivity contribution in [2.45, 2.75) is 13.8 Å². The topological polar surface area (TPSA) is 75.6 Å². The van der Waals surface area contributed by atoms with Gasteiger partial charge in [-0.3, -0.25) is 4.79 Å². The number of carbonyl (C=O) groups is 2. The summed E-state index contributed by atoms with van der Waals surface area (Å²) in [4.78, 5) is 22.9. The van der Waals surface area contributed by atoms with Gasteiger partial charge in [0.2, 0.25) is 0 Å². The molecule has 22 heavy (non-hydrogen) atoms. The van der Waals surface area contributed by atoms with E-state index in [9.17, 15) is 9.59 Å². The van der Waals surface area contributed by atoms with E-state index in [1.807, 2.05) is 32.0 Å². The van der Waals surface area contributed by atoms with Crippen LogP contribution in [0, 0.1) is 13.8 Å². The van der Waals surface area contributed by atoms with E-state index in [4.69, 9.17) is 9.84 Å². The number of carboxylic acids is 1. The lowest BCUT2D eigenvalue weighted by molar-refractivity contribution is -0.118. The fourth-order valence-electron chi connectivity index (χ4n) is 1.93. The molecule has 0 saturated carbocycles. The Morgan fingerprint density at radius 1 is 1.09 bits per heavy atom. The lowest BCUT2D eigenvalue weighted by Gasteiger charge is -2.10. The normalized spacial score (nSPS) is 10.1. The number of para-hydroxylation sites is 1. The fraction of sp³-hybridized carbons (Fsp3) is 0.176. The predicted octanol–water partition coefficient (Wildman–Crippen LogP) is 3.02. The molecule has 0 fully saturated rings. The van der Waals surface area contributed by atoms with E-state index in [0.717, 1.165) is 11.1 Å². The van der Waals surface area contributed by atoms with E-state index < -0.39 is 5.97 Å². The first-order valence-electron chi connectivity index (χ1n) is 6.79. The van der Waals surface area contributed by atoms with Crippen molar-refractivity contribution in [2.75, 3.05) is 11.9 Å². The third-order valence-corrected chi connectivity index (χ3v) is 3.27. The number of rotatable bonds is 5. The lowest BCUT2D eigenvalue weighted by atomic mass is 10.1. The van der Waals surface area contributed by atoms with E-state index >= 15 is 0 Å². The van der Waals surface area contributed by atoms with Crippen LogP contribution in [-0.4, -0.2) is 23.6 Å². The molecule has 0 aromatic heterocycles. The van der Waals surface area contributed by atoms with Gasteiger partial charge in [-0.25, -0.2) is 4.79 Å². The molecule has 114 valence electrons. The number of amides is 1. The zero-order chi connectivity index (χ0) is 16.1. The van der Waals surface area contributed by atoms with Crippen LogP contribution in [0.4, 0.5) is 5.69 Å². The van der Waals surface area contributed by atoms with Crippen LogP contribution in [0.15, 0.2) is 42.5 Å². The highest BCUT2D eigenvalue weighted by Crippen LogP contribution is 2.18. The number of aromatic carboxylic acids is 1. The van der Waals surface area contributed by atoms with Gasteiger partial charge in [-0.05, 0) is 49.2 Å². The predicted molar refractivity (Wildman–Crippen MR) is 83.4 cm³/mol. The number of hydrogen-bond acceptors (Lipinski definition) is 3. The van der Waals surface area contributed by atoms with Crippen LogP contribution in [0.2, 0.25) is 0 Å². The Balaban J connectivity index is 1.98. The molecule has 2 N–H and O–H groups in total. The molecule has 0 aliphatic rings. The molecule has 0 aliphatic heterocycles. The quantitative estimate of drug-likeness (QED) is 0.890. The molecule has 0 unspecified atom stereocenters. The summed E-state index contributed by atoms with van der Waals surface area (Å²) in [5.74, 6) is -1.26. The van der Waals surface area contributed by atoms with E-state index in [-0.39, 0.29) is 23.8 Å². The molecule has 1 amide bonds. The van der Waals surface area contributed by atoms with Gasteiger partial charge in [-0.1, -0.05) is 18.2 Å². The summed E-state index contributed by atoms with van der Waals surface area (Å²) < 4.78 is 5.29. The average molecular weight is 299 g/mol. The van der Waals surface area contributed by atoms with Crippen molar-refractivity contribution in [1.29, 1.82) is 0 Å². The molecule has 0 bridgehead atoms. The van der Waals surface area contributed by atoms with E-state index in [1.165, 1.54) is 12.1 Å². The number of carbonyl (C=O) groups excluding carboxylic acids is 1. The Kier molecular flexibility index (Phi) is 4.78. The highest BCUT2D eigenvalue weighted by atomic mass is 16.5. The molecule has 2 aromatic carbocycles. The SMILES string of the molecule is Cc1ccc(NC(=O)COc2ccccc2C(=O)O)cc1C. The van der Waals surface area contributed by atoms with Gasteiger partial charge < -0.3 is 15.2 Å². The van der Waals surface area contributed by atoms with E-state index in [1.54, 1.807) is 12.1 Å². The minimum absolute atomic E-state index is 0.0291. The molecule has 2 rings (SSSR count). The first-order valence-corrected chi connectivity index (χ1v) is 6.79. The number of hydrogen-bond donors (Lipinski definition) is 2. The first-order chi connectivity index (χ1) is 10.5. The number of nitrogens with one attached hydrogen (secondary N) is 1. The summed E-state index contributed by atoms with van der Waals surface area (Å²) in [6, 6.07) is 11.8. The van der Waals surface area contributed by atoms with Crippen LogP contribution in [0.3, 0.4) is 0 Å². The summed E-state index contributed by atoms with van der Waals surface area (Å²) in [7, 11) is 0. The Labute approximate surface area is 128 Å². The molecule has 0 radical (unpaired) electrons. The van der Waals surface area contributed by atoms with Crippen LogP contribution >= 0.6 is 0 Å². The van der Waals surface area contributed by atoms with Gasteiger partial charge in [0.1, 0.15) is 11.3 Å². The Morgan fingerprint density at radius 2 is 1.82 bits per heavy atom. The number of benzene rings is 2. The monoisotopic (exact) mass is 299 g/mol. The summed E-state index contributed by atoms with van der Waals surface area (Å²) in [5.41, 5.74) is 2.93. The second kappa shape index (κ2) is 6.76. The van der Waals surface area contributed by atoms with Gasteiger partial charge in [0.05, 0.1) is 0 Å². The number of aryl methyl sites for hydroxylation is 2. The molecule has 5 nitrogen and oxygen atoms in total. The van der Waals surface area contributed by atoms with E-state index in [0.29, 0.717) is 5.69 Å². The van der Waals surface area contributed by atoms with Crippen molar-refractivity contribution >= 4 is 17.6 Å². The van der Waals surface area contributed by atoms with E-state index in [2.05, 4.69) is 5.32 Å². The lowest BCUT2D eigenvalue weighted by Crippen LogP contribution is -2.21. The molecule has 0 heterocycles. The summed E-state index contributed by atoms with van der Waals surface area (Å²) >= 11 is 0. The van der Waals surface area contributed by atoms with Gasteiger partial charge in [-0.15, -0.1) is 0 Å². The fourth-order valence-corrected chi connectivity index (χ4v) is 1.93. The molecule has 0 atom stereocenters. The van der Waals surface area contributed by atoms with Gasteiger partial charge in [-0.2, -0.15) is 0 Å². The molecule has 0 spiro atoms. The van der Waals surface area contributed by atoms with Crippen LogP contribution in [0.1, 0.15) is 21.5 Å². The molecular weight excluding hydrogens is 282 g/mol. The minimum atomic E-state index is -1.09. The second-order valence-corrected chi connectivity index (χ2v) is 4.94. The van der Waals surface area contributed by atoms with Crippen molar-refractivity contribution in [2.24, 2.45) is 0 Å². The summed E-state index contributed by atoms with van der Waals surface area (Å²) in [6.07, 6.45) is 0. The summed E-state index contributed by atoms with van der Waals surface area (Å²) in [6.45, 7) is 3.70. The summed E-state index contributed by atoms with van der Waals surface area (Å²) in [5, 5.41) is 11.8.